The smallest absolute Gasteiger partial charge is 0.225 e. The second kappa shape index (κ2) is 4.55. The van der Waals surface area contributed by atoms with Crippen molar-refractivity contribution in [1.29, 1.82) is 0 Å². The highest BCUT2D eigenvalue weighted by Gasteiger charge is 2.31. The lowest BCUT2D eigenvalue weighted by Crippen LogP contribution is -2.29. The quantitative estimate of drug-likeness (QED) is 0.903. The molecule has 0 saturated carbocycles. The molecule has 1 aliphatic heterocycles. The third-order valence-corrected chi connectivity index (χ3v) is 3.43. The van der Waals surface area contributed by atoms with E-state index in [1.807, 2.05) is 31.2 Å². The fourth-order valence-corrected chi connectivity index (χ4v) is 2.45. The zero-order chi connectivity index (χ0) is 11.7. The Kier molecular flexibility index (Phi) is 3.30. The van der Waals surface area contributed by atoms with Crippen LogP contribution in [0.3, 0.4) is 0 Å². The fraction of sp³-hybridized carbons (Fsp3) is 0.417. The molecule has 1 aromatic carbocycles. The Morgan fingerprint density at radius 3 is 2.88 bits per heavy atom. The molecule has 2 atom stereocenters. The third-order valence-electron chi connectivity index (χ3n) is 2.94. The zero-order valence-electron chi connectivity index (χ0n) is 9.06. The number of benzene rings is 1. The Balaban J connectivity index is 2.19. The Morgan fingerprint density at radius 2 is 2.31 bits per heavy atom. The molecule has 3 nitrogen and oxygen atoms in total. The number of rotatable bonds is 2. The molecule has 2 rings (SSSR count). The number of hydrogen-bond acceptors (Lipinski definition) is 2. The number of nitrogens with zero attached hydrogens (tertiary/aromatic N) is 1. The predicted octanol–water partition coefficient (Wildman–Crippen LogP) is 2.10. The first-order valence-corrected chi connectivity index (χ1v) is 6.10. The van der Waals surface area contributed by atoms with E-state index in [0.717, 1.165) is 10.0 Å². The van der Waals surface area contributed by atoms with E-state index in [-0.39, 0.29) is 18.4 Å². The monoisotopic (exact) mass is 283 g/mol. The Bertz CT molecular complexity index is 408. The maximum absolute atomic E-state index is 11.6. The summed E-state index contributed by atoms with van der Waals surface area (Å²) in [4.78, 5) is 13.4. The van der Waals surface area contributed by atoms with E-state index in [4.69, 9.17) is 0 Å². The summed E-state index contributed by atoms with van der Waals surface area (Å²) in [5.41, 5.74) is 1.08. The van der Waals surface area contributed by atoms with Crippen LogP contribution < -0.4 is 0 Å². The van der Waals surface area contributed by atoms with Crippen LogP contribution in [0.2, 0.25) is 0 Å². The van der Waals surface area contributed by atoms with Crippen LogP contribution in [0.25, 0.3) is 0 Å². The first-order chi connectivity index (χ1) is 7.58. The molecule has 0 spiro atoms. The normalized spacial score (nSPS) is 22.6. The third kappa shape index (κ3) is 2.28. The maximum atomic E-state index is 11.6. The van der Waals surface area contributed by atoms with E-state index in [2.05, 4.69) is 15.9 Å². The van der Waals surface area contributed by atoms with Crippen molar-refractivity contribution in [3.05, 3.63) is 34.3 Å². The van der Waals surface area contributed by atoms with Gasteiger partial charge in [-0.3, -0.25) is 4.79 Å². The summed E-state index contributed by atoms with van der Waals surface area (Å²) in [5.74, 6) is 0.0278. The van der Waals surface area contributed by atoms with Crippen molar-refractivity contribution < 1.29 is 9.90 Å². The highest BCUT2D eigenvalue weighted by molar-refractivity contribution is 9.10. The molecule has 86 valence electrons. The summed E-state index contributed by atoms with van der Waals surface area (Å²) in [5, 5.41) is 9.45. The summed E-state index contributed by atoms with van der Waals surface area (Å²) in [6.45, 7) is 2.42. The fourth-order valence-electron chi connectivity index (χ4n) is 2.03. The van der Waals surface area contributed by atoms with Gasteiger partial charge in [0.15, 0.2) is 0 Å². The maximum Gasteiger partial charge on any atom is 0.225 e. The average molecular weight is 284 g/mol. The van der Waals surface area contributed by atoms with Crippen LogP contribution in [0.5, 0.6) is 0 Å². The molecule has 4 heteroatoms. The molecule has 1 amide bonds. The number of aliphatic hydroxyl groups is 1. The zero-order valence-corrected chi connectivity index (χ0v) is 10.6. The second-order valence-electron chi connectivity index (χ2n) is 4.14. The molecule has 16 heavy (non-hydrogen) atoms. The molecule has 1 aliphatic rings. The van der Waals surface area contributed by atoms with E-state index < -0.39 is 6.10 Å². The highest BCUT2D eigenvalue weighted by Crippen LogP contribution is 2.27. The number of hydrogen-bond donors (Lipinski definition) is 1. The number of aliphatic hydroxyl groups excluding tert-OH is 1. The van der Waals surface area contributed by atoms with Gasteiger partial charge in [-0.25, -0.2) is 0 Å². The van der Waals surface area contributed by atoms with Crippen molar-refractivity contribution in [3.8, 4) is 0 Å². The first kappa shape index (κ1) is 11.6. The second-order valence-corrected chi connectivity index (χ2v) is 5.05. The SMILES string of the molecule is CC(c1cccc(Br)c1)N1CC(O)CC1=O. The van der Waals surface area contributed by atoms with Crippen molar-refractivity contribution in [2.24, 2.45) is 0 Å². The largest absolute Gasteiger partial charge is 0.391 e. The minimum absolute atomic E-state index is 0.0159. The van der Waals surface area contributed by atoms with Gasteiger partial charge in [0, 0.05) is 11.0 Å². The van der Waals surface area contributed by atoms with Crippen molar-refractivity contribution in [2.75, 3.05) is 6.54 Å². The van der Waals surface area contributed by atoms with Gasteiger partial charge in [-0.1, -0.05) is 28.1 Å². The molecule has 1 saturated heterocycles. The molecule has 2 unspecified atom stereocenters. The first-order valence-electron chi connectivity index (χ1n) is 5.31. The number of likely N-dealkylation sites (tertiary alicyclic amines) is 1. The van der Waals surface area contributed by atoms with Crippen LogP contribution in [0.4, 0.5) is 0 Å². The average Bonchev–Trinajstić information content (AvgIpc) is 2.57. The van der Waals surface area contributed by atoms with Crippen LogP contribution in [0.1, 0.15) is 24.9 Å². The molecule has 0 bridgehead atoms. The van der Waals surface area contributed by atoms with E-state index in [0.29, 0.717) is 6.54 Å². The number of β-amino-alcohol motifs (C(OH)–C–C–N with tert-alkyl or cyclic N) is 1. The van der Waals surface area contributed by atoms with Crippen molar-refractivity contribution in [3.63, 3.8) is 0 Å². The minimum atomic E-state index is -0.512. The number of carbonyl (C=O) groups excluding carboxylic acids is 1. The standard InChI is InChI=1S/C12H14BrNO2/c1-8(9-3-2-4-10(13)5-9)14-7-11(15)6-12(14)16/h2-5,8,11,15H,6-7H2,1H3. The lowest BCUT2D eigenvalue weighted by molar-refractivity contribution is -0.129. The van der Waals surface area contributed by atoms with Gasteiger partial charge in [-0.2, -0.15) is 0 Å². The molecule has 1 fully saturated rings. The van der Waals surface area contributed by atoms with Gasteiger partial charge in [0.2, 0.25) is 5.91 Å². The lowest BCUT2D eigenvalue weighted by atomic mass is 10.1. The molecule has 0 radical (unpaired) electrons. The Morgan fingerprint density at radius 1 is 1.56 bits per heavy atom. The summed E-state index contributed by atoms with van der Waals surface area (Å²) in [6.07, 6.45) is -0.264. The van der Waals surface area contributed by atoms with Crippen LogP contribution >= 0.6 is 15.9 Å². The summed E-state index contributed by atoms with van der Waals surface area (Å²) in [7, 11) is 0. The summed E-state index contributed by atoms with van der Waals surface area (Å²) >= 11 is 3.41. The van der Waals surface area contributed by atoms with Gasteiger partial charge in [-0.15, -0.1) is 0 Å². The van der Waals surface area contributed by atoms with Gasteiger partial charge in [-0.05, 0) is 24.6 Å². The van der Waals surface area contributed by atoms with Gasteiger partial charge in [0.25, 0.3) is 0 Å². The van der Waals surface area contributed by atoms with Gasteiger partial charge < -0.3 is 10.0 Å². The van der Waals surface area contributed by atoms with Crippen LogP contribution in [-0.2, 0) is 4.79 Å². The van der Waals surface area contributed by atoms with Crippen molar-refractivity contribution in [2.45, 2.75) is 25.5 Å². The number of halogens is 1. The van der Waals surface area contributed by atoms with Crippen LogP contribution in [-0.4, -0.2) is 28.6 Å². The molecular formula is C12H14BrNO2. The van der Waals surface area contributed by atoms with E-state index in [9.17, 15) is 9.90 Å². The van der Waals surface area contributed by atoms with Crippen LogP contribution in [0.15, 0.2) is 28.7 Å². The van der Waals surface area contributed by atoms with E-state index in [1.54, 1.807) is 4.90 Å². The van der Waals surface area contributed by atoms with Gasteiger partial charge >= 0.3 is 0 Å². The number of amides is 1. The number of carbonyl (C=O) groups is 1. The topological polar surface area (TPSA) is 40.5 Å². The van der Waals surface area contributed by atoms with Crippen molar-refractivity contribution in [1.82, 2.24) is 4.90 Å². The minimum Gasteiger partial charge on any atom is -0.391 e. The molecule has 0 aliphatic carbocycles. The van der Waals surface area contributed by atoms with Crippen molar-refractivity contribution >= 4 is 21.8 Å². The molecule has 1 heterocycles. The molecule has 0 aromatic heterocycles. The van der Waals surface area contributed by atoms with E-state index >= 15 is 0 Å². The van der Waals surface area contributed by atoms with Gasteiger partial charge in [0.05, 0.1) is 18.6 Å². The molecule has 1 N–H and O–H groups in total. The molecular weight excluding hydrogens is 270 g/mol. The Labute approximate surface area is 103 Å². The summed E-state index contributed by atoms with van der Waals surface area (Å²) in [6, 6.07) is 7.92. The predicted molar refractivity (Wildman–Crippen MR) is 64.9 cm³/mol. The lowest BCUT2D eigenvalue weighted by Gasteiger charge is -2.24. The van der Waals surface area contributed by atoms with Gasteiger partial charge in [0.1, 0.15) is 0 Å². The van der Waals surface area contributed by atoms with E-state index in [1.165, 1.54) is 0 Å². The summed E-state index contributed by atoms with van der Waals surface area (Å²) < 4.78 is 1.00. The Hall–Kier alpha value is -0.870. The van der Waals surface area contributed by atoms with Crippen LogP contribution in [0, 0.1) is 0 Å². The molecule has 1 aromatic rings. The highest BCUT2D eigenvalue weighted by atomic mass is 79.9.